The van der Waals surface area contributed by atoms with Crippen LogP contribution in [0.4, 0.5) is 0 Å². The third kappa shape index (κ3) is 4.49. The molecule has 2 heteroatoms. The lowest BCUT2D eigenvalue weighted by Gasteiger charge is -2.20. The second-order valence-electron chi connectivity index (χ2n) is 4.84. The molecule has 1 atom stereocenters. The quantitative estimate of drug-likeness (QED) is 0.816. The highest BCUT2D eigenvalue weighted by Crippen LogP contribution is 2.18. The Bertz CT molecular complexity index is 347. The van der Waals surface area contributed by atoms with Gasteiger partial charge in [-0.05, 0) is 50.9 Å². The molecule has 1 rings (SSSR count). The minimum absolute atomic E-state index is 0.280. The first-order valence-electron chi connectivity index (χ1n) is 6.46. The first-order chi connectivity index (χ1) is 8.04. The van der Waals surface area contributed by atoms with Gasteiger partial charge in [-0.1, -0.05) is 25.1 Å². The molecule has 1 N–H and O–H groups in total. The lowest BCUT2D eigenvalue weighted by molar-refractivity contribution is 0.0614. The number of hydrogen-bond acceptors (Lipinski definition) is 2. The van der Waals surface area contributed by atoms with Crippen LogP contribution in [-0.2, 0) is 4.74 Å². The number of nitrogens with one attached hydrogen (secondary N) is 1. The molecule has 0 aliphatic heterocycles. The number of aryl methyl sites for hydroxylation is 2. The van der Waals surface area contributed by atoms with Crippen molar-refractivity contribution in [2.24, 2.45) is 0 Å². The van der Waals surface area contributed by atoms with Crippen LogP contribution in [0.25, 0.3) is 0 Å². The Kier molecular flexibility index (Phi) is 5.66. The van der Waals surface area contributed by atoms with E-state index in [1.165, 1.54) is 16.7 Å². The normalized spacial score (nSPS) is 13.1. The van der Waals surface area contributed by atoms with Gasteiger partial charge in [0.1, 0.15) is 0 Å². The van der Waals surface area contributed by atoms with Crippen LogP contribution in [-0.4, -0.2) is 19.3 Å². The Morgan fingerprint density at radius 1 is 1.18 bits per heavy atom. The Balaban J connectivity index is 2.77. The molecule has 1 aromatic carbocycles. The minimum atomic E-state index is 0.280. The number of benzene rings is 1. The predicted octanol–water partition coefficient (Wildman–Crippen LogP) is 3.38. The largest absolute Gasteiger partial charge is 0.377 e. The van der Waals surface area contributed by atoms with Crippen molar-refractivity contribution in [3.8, 4) is 0 Å². The molecule has 0 aliphatic carbocycles. The van der Waals surface area contributed by atoms with E-state index in [1.54, 1.807) is 0 Å². The zero-order valence-corrected chi connectivity index (χ0v) is 11.7. The first kappa shape index (κ1) is 14.2. The maximum Gasteiger partial charge on any atom is 0.0664 e. The van der Waals surface area contributed by atoms with Gasteiger partial charge in [0.2, 0.25) is 0 Å². The van der Waals surface area contributed by atoms with Crippen LogP contribution in [0.2, 0.25) is 0 Å². The van der Waals surface area contributed by atoms with Crippen molar-refractivity contribution in [1.82, 2.24) is 5.32 Å². The Morgan fingerprint density at radius 3 is 2.41 bits per heavy atom. The Hall–Kier alpha value is -0.860. The van der Waals surface area contributed by atoms with E-state index in [1.807, 2.05) is 0 Å². The number of rotatable bonds is 6. The van der Waals surface area contributed by atoms with Crippen LogP contribution >= 0.6 is 0 Å². The smallest absolute Gasteiger partial charge is 0.0664 e. The zero-order valence-electron chi connectivity index (χ0n) is 11.7. The SMILES string of the molecule is CCNC(COC(C)C)c1ccc(C)c(C)c1. The monoisotopic (exact) mass is 235 g/mol. The van der Waals surface area contributed by atoms with Crippen LogP contribution in [0.3, 0.4) is 0 Å². The lowest BCUT2D eigenvalue weighted by atomic mass is 10.0. The summed E-state index contributed by atoms with van der Waals surface area (Å²) in [6.07, 6.45) is 0.280. The molecule has 0 amide bonds. The molecular formula is C15H25NO. The summed E-state index contributed by atoms with van der Waals surface area (Å²) in [5, 5.41) is 3.48. The van der Waals surface area contributed by atoms with Gasteiger partial charge in [-0.15, -0.1) is 0 Å². The van der Waals surface area contributed by atoms with Gasteiger partial charge >= 0.3 is 0 Å². The van der Waals surface area contributed by atoms with Crippen molar-refractivity contribution < 1.29 is 4.74 Å². The molecule has 0 heterocycles. The van der Waals surface area contributed by atoms with Crippen LogP contribution in [0, 0.1) is 13.8 Å². The molecule has 0 aromatic heterocycles. The topological polar surface area (TPSA) is 21.3 Å². The van der Waals surface area contributed by atoms with Crippen LogP contribution in [0.5, 0.6) is 0 Å². The fourth-order valence-corrected chi connectivity index (χ4v) is 1.79. The molecule has 2 nitrogen and oxygen atoms in total. The number of ether oxygens (including phenoxy) is 1. The molecule has 0 saturated carbocycles. The predicted molar refractivity (Wildman–Crippen MR) is 73.4 cm³/mol. The molecule has 1 aromatic rings. The summed E-state index contributed by atoms with van der Waals surface area (Å²) in [4.78, 5) is 0. The fourth-order valence-electron chi connectivity index (χ4n) is 1.79. The van der Waals surface area contributed by atoms with E-state index in [9.17, 15) is 0 Å². The van der Waals surface area contributed by atoms with E-state index in [0.717, 1.165) is 13.2 Å². The fraction of sp³-hybridized carbons (Fsp3) is 0.600. The van der Waals surface area contributed by atoms with Gasteiger partial charge < -0.3 is 10.1 Å². The molecule has 96 valence electrons. The Morgan fingerprint density at radius 2 is 1.88 bits per heavy atom. The maximum atomic E-state index is 5.72. The zero-order chi connectivity index (χ0) is 12.8. The van der Waals surface area contributed by atoms with E-state index < -0.39 is 0 Å². The highest BCUT2D eigenvalue weighted by molar-refractivity contribution is 5.31. The standard InChI is InChI=1S/C15H25NO/c1-6-16-15(10-17-11(2)3)14-8-7-12(4)13(5)9-14/h7-9,11,15-16H,6,10H2,1-5H3. The van der Waals surface area contributed by atoms with Gasteiger partial charge in [0.25, 0.3) is 0 Å². The van der Waals surface area contributed by atoms with E-state index in [-0.39, 0.29) is 6.10 Å². The molecular weight excluding hydrogens is 210 g/mol. The third-order valence-corrected chi connectivity index (χ3v) is 2.98. The van der Waals surface area contributed by atoms with Crippen LogP contribution < -0.4 is 5.32 Å². The lowest BCUT2D eigenvalue weighted by Crippen LogP contribution is -2.26. The van der Waals surface area contributed by atoms with Gasteiger partial charge in [0.05, 0.1) is 18.8 Å². The molecule has 0 radical (unpaired) electrons. The summed E-state index contributed by atoms with van der Waals surface area (Å²) in [5.74, 6) is 0. The number of likely N-dealkylation sites (N-methyl/N-ethyl adjacent to an activating group) is 1. The molecule has 1 unspecified atom stereocenters. The first-order valence-corrected chi connectivity index (χ1v) is 6.46. The van der Waals surface area contributed by atoms with Crippen molar-refractivity contribution >= 4 is 0 Å². The van der Waals surface area contributed by atoms with E-state index in [2.05, 4.69) is 58.1 Å². The van der Waals surface area contributed by atoms with E-state index in [4.69, 9.17) is 4.74 Å². The molecule has 0 saturated heterocycles. The van der Waals surface area contributed by atoms with Gasteiger partial charge in [-0.3, -0.25) is 0 Å². The third-order valence-electron chi connectivity index (χ3n) is 2.98. The maximum absolute atomic E-state index is 5.72. The van der Waals surface area contributed by atoms with Crippen molar-refractivity contribution in [1.29, 1.82) is 0 Å². The Labute approximate surface area is 105 Å². The summed E-state index contributed by atoms with van der Waals surface area (Å²) in [6, 6.07) is 6.93. The average Bonchev–Trinajstić information content (AvgIpc) is 2.28. The molecule has 0 spiro atoms. The molecule has 0 bridgehead atoms. The van der Waals surface area contributed by atoms with E-state index in [0.29, 0.717) is 6.04 Å². The number of hydrogen-bond donors (Lipinski definition) is 1. The highest BCUT2D eigenvalue weighted by atomic mass is 16.5. The summed E-state index contributed by atoms with van der Waals surface area (Å²) < 4.78 is 5.72. The second kappa shape index (κ2) is 6.77. The summed E-state index contributed by atoms with van der Waals surface area (Å²) >= 11 is 0. The molecule has 0 fully saturated rings. The van der Waals surface area contributed by atoms with Crippen molar-refractivity contribution in [3.05, 3.63) is 34.9 Å². The minimum Gasteiger partial charge on any atom is -0.377 e. The summed E-state index contributed by atoms with van der Waals surface area (Å²) in [6.45, 7) is 12.3. The van der Waals surface area contributed by atoms with Crippen LogP contribution in [0.15, 0.2) is 18.2 Å². The average molecular weight is 235 g/mol. The van der Waals surface area contributed by atoms with Gasteiger partial charge in [0, 0.05) is 0 Å². The van der Waals surface area contributed by atoms with Crippen molar-refractivity contribution in [2.75, 3.05) is 13.2 Å². The van der Waals surface area contributed by atoms with Crippen molar-refractivity contribution in [2.45, 2.75) is 46.8 Å². The highest BCUT2D eigenvalue weighted by Gasteiger charge is 2.11. The van der Waals surface area contributed by atoms with E-state index >= 15 is 0 Å². The van der Waals surface area contributed by atoms with Gasteiger partial charge in [-0.25, -0.2) is 0 Å². The summed E-state index contributed by atoms with van der Waals surface area (Å²) in [5.41, 5.74) is 4.00. The molecule has 17 heavy (non-hydrogen) atoms. The van der Waals surface area contributed by atoms with Crippen LogP contribution in [0.1, 0.15) is 43.5 Å². The summed E-state index contributed by atoms with van der Waals surface area (Å²) in [7, 11) is 0. The molecule has 0 aliphatic rings. The van der Waals surface area contributed by atoms with Gasteiger partial charge in [-0.2, -0.15) is 0 Å². The van der Waals surface area contributed by atoms with Gasteiger partial charge in [0.15, 0.2) is 0 Å². The second-order valence-corrected chi connectivity index (χ2v) is 4.84. The van der Waals surface area contributed by atoms with Crippen molar-refractivity contribution in [3.63, 3.8) is 0 Å².